The first-order valence-corrected chi connectivity index (χ1v) is 7.46. The summed E-state index contributed by atoms with van der Waals surface area (Å²) < 4.78 is 5.77. The number of rotatable bonds is 6. The van der Waals surface area contributed by atoms with Crippen molar-refractivity contribution in [1.29, 1.82) is 0 Å². The number of benzene rings is 1. The van der Waals surface area contributed by atoms with Crippen LogP contribution in [-0.4, -0.2) is 18.2 Å². The van der Waals surface area contributed by atoms with E-state index >= 15 is 0 Å². The van der Waals surface area contributed by atoms with Gasteiger partial charge in [0.15, 0.2) is 0 Å². The fraction of sp³-hybridized carbons (Fsp3) is 0.647. The molecule has 0 heterocycles. The van der Waals surface area contributed by atoms with Gasteiger partial charge in [0.2, 0.25) is 0 Å². The summed E-state index contributed by atoms with van der Waals surface area (Å²) in [6.45, 7) is 9.98. The number of hydrogen-bond acceptors (Lipinski definition) is 2. The topological polar surface area (TPSA) is 21.3 Å². The first-order chi connectivity index (χ1) is 8.94. The van der Waals surface area contributed by atoms with Crippen molar-refractivity contribution in [1.82, 2.24) is 5.32 Å². The van der Waals surface area contributed by atoms with Gasteiger partial charge in [0.1, 0.15) is 5.75 Å². The lowest BCUT2D eigenvalue weighted by atomic mass is 9.97. The summed E-state index contributed by atoms with van der Waals surface area (Å²) in [6.07, 6.45) is 4.09. The second-order valence-electron chi connectivity index (χ2n) is 6.75. The van der Waals surface area contributed by atoms with Crippen LogP contribution in [0.5, 0.6) is 5.75 Å². The molecule has 1 N–H and O–H groups in total. The standard InChI is InChI=1S/C17H27NO/c1-13(11-12-18-17(2,3)4)14-5-7-15(8-6-14)19-16-9-10-16/h5-8,13,16,18H,9-12H2,1-4H3. The van der Waals surface area contributed by atoms with Crippen molar-refractivity contribution < 1.29 is 4.74 Å². The van der Waals surface area contributed by atoms with Gasteiger partial charge < -0.3 is 10.1 Å². The van der Waals surface area contributed by atoms with E-state index in [4.69, 9.17) is 4.74 Å². The van der Waals surface area contributed by atoms with E-state index < -0.39 is 0 Å². The molecular weight excluding hydrogens is 234 g/mol. The molecule has 2 heteroatoms. The molecule has 1 aromatic rings. The molecule has 1 aliphatic carbocycles. The van der Waals surface area contributed by atoms with Gasteiger partial charge in [-0.3, -0.25) is 0 Å². The summed E-state index contributed by atoms with van der Waals surface area (Å²) in [5, 5.41) is 3.54. The lowest BCUT2D eigenvalue weighted by Gasteiger charge is -2.22. The van der Waals surface area contributed by atoms with Crippen molar-refractivity contribution in [2.24, 2.45) is 0 Å². The van der Waals surface area contributed by atoms with Gasteiger partial charge in [0.25, 0.3) is 0 Å². The maximum Gasteiger partial charge on any atom is 0.119 e. The highest BCUT2D eigenvalue weighted by Gasteiger charge is 2.23. The van der Waals surface area contributed by atoms with Crippen molar-refractivity contribution in [3.8, 4) is 5.75 Å². The van der Waals surface area contributed by atoms with E-state index in [0.717, 1.165) is 12.3 Å². The second kappa shape index (κ2) is 5.96. The molecule has 1 fully saturated rings. The average molecular weight is 261 g/mol. The summed E-state index contributed by atoms with van der Waals surface area (Å²) in [6, 6.07) is 8.64. The Labute approximate surface area is 117 Å². The zero-order valence-corrected chi connectivity index (χ0v) is 12.7. The van der Waals surface area contributed by atoms with Crippen LogP contribution >= 0.6 is 0 Å². The van der Waals surface area contributed by atoms with Crippen molar-refractivity contribution in [3.63, 3.8) is 0 Å². The van der Waals surface area contributed by atoms with E-state index in [-0.39, 0.29) is 5.54 Å². The Kier molecular flexibility index (Phi) is 4.51. The summed E-state index contributed by atoms with van der Waals surface area (Å²) in [4.78, 5) is 0. The maximum atomic E-state index is 5.77. The van der Waals surface area contributed by atoms with Crippen LogP contribution in [0.4, 0.5) is 0 Å². The number of nitrogens with one attached hydrogen (secondary N) is 1. The second-order valence-corrected chi connectivity index (χ2v) is 6.75. The van der Waals surface area contributed by atoms with Gasteiger partial charge in [-0.05, 0) is 70.2 Å². The third kappa shape index (κ3) is 5.23. The molecule has 1 aromatic carbocycles. The van der Waals surface area contributed by atoms with E-state index in [1.54, 1.807) is 0 Å². The van der Waals surface area contributed by atoms with E-state index in [2.05, 4.69) is 57.3 Å². The van der Waals surface area contributed by atoms with Gasteiger partial charge in [0, 0.05) is 5.54 Å². The number of ether oxygens (including phenoxy) is 1. The highest BCUT2D eigenvalue weighted by Crippen LogP contribution is 2.28. The van der Waals surface area contributed by atoms with Crippen molar-refractivity contribution >= 4 is 0 Å². The smallest absolute Gasteiger partial charge is 0.119 e. The van der Waals surface area contributed by atoms with E-state index in [9.17, 15) is 0 Å². The van der Waals surface area contributed by atoms with Gasteiger partial charge >= 0.3 is 0 Å². The fourth-order valence-electron chi connectivity index (χ4n) is 2.08. The molecule has 1 atom stereocenters. The van der Waals surface area contributed by atoms with Crippen LogP contribution in [-0.2, 0) is 0 Å². The largest absolute Gasteiger partial charge is 0.490 e. The van der Waals surface area contributed by atoms with E-state index in [0.29, 0.717) is 12.0 Å². The van der Waals surface area contributed by atoms with E-state index in [1.165, 1.54) is 24.8 Å². The molecule has 1 aliphatic rings. The first-order valence-electron chi connectivity index (χ1n) is 7.46. The Morgan fingerprint density at radius 1 is 1.21 bits per heavy atom. The minimum atomic E-state index is 0.210. The Bertz CT molecular complexity index is 387. The van der Waals surface area contributed by atoms with Crippen LogP contribution in [0.3, 0.4) is 0 Å². The van der Waals surface area contributed by atoms with Crippen molar-refractivity contribution in [3.05, 3.63) is 29.8 Å². The molecular formula is C17H27NO. The lowest BCUT2D eigenvalue weighted by Crippen LogP contribution is -2.36. The molecule has 0 radical (unpaired) electrons. The monoisotopic (exact) mass is 261 g/mol. The molecule has 1 unspecified atom stereocenters. The summed E-state index contributed by atoms with van der Waals surface area (Å²) in [5.74, 6) is 1.61. The Morgan fingerprint density at radius 2 is 1.84 bits per heavy atom. The molecule has 0 aliphatic heterocycles. The SMILES string of the molecule is CC(CCNC(C)(C)C)c1ccc(OC2CC2)cc1. The Morgan fingerprint density at radius 3 is 2.37 bits per heavy atom. The molecule has 2 nitrogen and oxygen atoms in total. The Hall–Kier alpha value is -1.02. The van der Waals surface area contributed by atoms with Gasteiger partial charge in [-0.15, -0.1) is 0 Å². The zero-order chi connectivity index (χ0) is 13.9. The zero-order valence-electron chi connectivity index (χ0n) is 12.7. The van der Waals surface area contributed by atoms with Crippen LogP contribution in [0.15, 0.2) is 24.3 Å². The average Bonchev–Trinajstić information content (AvgIpc) is 3.12. The quantitative estimate of drug-likeness (QED) is 0.832. The Balaban J connectivity index is 1.79. The fourth-order valence-corrected chi connectivity index (χ4v) is 2.08. The van der Waals surface area contributed by atoms with Crippen molar-refractivity contribution in [2.45, 2.75) is 64.5 Å². The van der Waals surface area contributed by atoms with E-state index in [1.807, 2.05) is 0 Å². The molecule has 0 saturated heterocycles. The van der Waals surface area contributed by atoms with Gasteiger partial charge in [-0.1, -0.05) is 19.1 Å². The normalized spacial score (nSPS) is 17.3. The van der Waals surface area contributed by atoms with Gasteiger partial charge in [-0.2, -0.15) is 0 Å². The minimum absolute atomic E-state index is 0.210. The minimum Gasteiger partial charge on any atom is -0.490 e. The third-order valence-electron chi connectivity index (χ3n) is 3.51. The van der Waals surface area contributed by atoms with Crippen LogP contribution in [0, 0.1) is 0 Å². The summed E-state index contributed by atoms with van der Waals surface area (Å²) >= 11 is 0. The molecule has 0 bridgehead atoms. The van der Waals surface area contributed by atoms with Crippen LogP contribution < -0.4 is 10.1 Å². The molecule has 0 amide bonds. The molecule has 0 aromatic heterocycles. The van der Waals surface area contributed by atoms with Crippen LogP contribution in [0.2, 0.25) is 0 Å². The predicted molar refractivity (Wildman–Crippen MR) is 80.9 cm³/mol. The third-order valence-corrected chi connectivity index (χ3v) is 3.51. The maximum absolute atomic E-state index is 5.77. The summed E-state index contributed by atoms with van der Waals surface area (Å²) in [7, 11) is 0. The van der Waals surface area contributed by atoms with Gasteiger partial charge in [-0.25, -0.2) is 0 Å². The number of hydrogen-bond donors (Lipinski definition) is 1. The highest BCUT2D eigenvalue weighted by atomic mass is 16.5. The molecule has 19 heavy (non-hydrogen) atoms. The molecule has 2 rings (SSSR count). The molecule has 106 valence electrons. The summed E-state index contributed by atoms with van der Waals surface area (Å²) in [5.41, 5.74) is 1.61. The van der Waals surface area contributed by atoms with Crippen LogP contribution in [0.25, 0.3) is 0 Å². The molecule has 0 spiro atoms. The van der Waals surface area contributed by atoms with Gasteiger partial charge in [0.05, 0.1) is 6.10 Å². The van der Waals surface area contributed by atoms with Crippen LogP contribution in [0.1, 0.15) is 58.4 Å². The lowest BCUT2D eigenvalue weighted by molar-refractivity contribution is 0.303. The van der Waals surface area contributed by atoms with Crippen molar-refractivity contribution in [2.75, 3.05) is 6.54 Å². The predicted octanol–water partition coefficient (Wildman–Crippen LogP) is 4.11. The highest BCUT2D eigenvalue weighted by molar-refractivity contribution is 5.29. The first kappa shape index (κ1) is 14.4. The molecule has 1 saturated carbocycles.